The van der Waals surface area contributed by atoms with Gasteiger partial charge in [0.05, 0.1) is 6.54 Å². The third-order valence-electron chi connectivity index (χ3n) is 6.34. The van der Waals surface area contributed by atoms with Crippen molar-refractivity contribution in [3.05, 3.63) is 11.6 Å². The Hall–Kier alpha value is -2.12. The molecule has 8 heteroatoms. The van der Waals surface area contributed by atoms with Crippen molar-refractivity contribution in [1.82, 2.24) is 30.3 Å². The van der Waals surface area contributed by atoms with Gasteiger partial charge in [-0.25, -0.2) is 4.79 Å². The van der Waals surface area contributed by atoms with Crippen molar-refractivity contribution in [3.63, 3.8) is 0 Å². The number of fused-ring (bicyclic) bond motifs is 1. The Kier molecular flexibility index (Phi) is 5.59. The second-order valence-electron chi connectivity index (χ2n) is 8.18. The molecule has 4 rings (SSSR count). The minimum absolute atomic E-state index is 0.0382. The molecule has 2 N–H and O–H groups in total. The number of piperidine rings is 1. The molecule has 148 valence electrons. The summed E-state index contributed by atoms with van der Waals surface area (Å²) in [6.07, 6.45) is 10.6. The van der Waals surface area contributed by atoms with Crippen LogP contribution in [0.25, 0.3) is 0 Å². The lowest BCUT2D eigenvalue weighted by atomic mass is 9.80. The highest BCUT2D eigenvalue weighted by Gasteiger charge is 2.27. The molecule has 8 nitrogen and oxygen atoms in total. The number of nitrogens with zero attached hydrogens (tertiary/aromatic N) is 4. The smallest absolute Gasteiger partial charge is 0.317 e. The van der Waals surface area contributed by atoms with Crippen LogP contribution in [0.1, 0.15) is 67.8 Å². The van der Waals surface area contributed by atoms with Gasteiger partial charge in [0.25, 0.3) is 5.91 Å². The van der Waals surface area contributed by atoms with Crippen molar-refractivity contribution < 1.29 is 9.59 Å². The Balaban J connectivity index is 1.22. The molecule has 3 aliphatic rings. The number of rotatable bonds is 4. The van der Waals surface area contributed by atoms with Crippen LogP contribution in [0.4, 0.5) is 4.79 Å². The Bertz CT molecular complexity index is 674. The van der Waals surface area contributed by atoms with Gasteiger partial charge in [-0.1, -0.05) is 32.1 Å². The monoisotopic (exact) mass is 374 g/mol. The van der Waals surface area contributed by atoms with Crippen molar-refractivity contribution in [2.45, 2.75) is 64.5 Å². The van der Waals surface area contributed by atoms with E-state index in [0.29, 0.717) is 31.3 Å². The first kappa shape index (κ1) is 18.3. The lowest BCUT2D eigenvalue weighted by molar-refractivity contribution is 0.0921. The van der Waals surface area contributed by atoms with E-state index in [-0.39, 0.29) is 11.9 Å². The fraction of sp³-hybridized carbons (Fsp3) is 0.789. The van der Waals surface area contributed by atoms with Crippen LogP contribution < -0.4 is 10.6 Å². The summed E-state index contributed by atoms with van der Waals surface area (Å²) in [7, 11) is 0. The summed E-state index contributed by atoms with van der Waals surface area (Å²) in [4.78, 5) is 26.1. The highest BCUT2D eigenvalue weighted by Crippen LogP contribution is 2.32. The first-order chi connectivity index (χ1) is 13.2. The van der Waals surface area contributed by atoms with Crippen molar-refractivity contribution >= 4 is 11.9 Å². The largest absolute Gasteiger partial charge is 0.348 e. The van der Waals surface area contributed by atoms with E-state index in [1.165, 1.54) is 38.5 Å². The SMILES string of the molecule is O=C1NCCn2c(CNC(=O)N3CCC(CC4CCCCC4)CC3)nnc21. The number of hydrogen-bond donors (Lipinski definition) is 2. The number of amides is 3. The third kappa shape index (κ3) is 4.25. The van der Waals surface area contributed by atoms with Gasteiger partial charge in [-0.3, -0.25) is 4.79 Å². The Morgan fingerprint density at radius 2 is 1.78 bits per heavy atom. The van der Waals surface area contributed by atoms with Gasteiger partial charge in [0.15, 0.2) is 5.82 Å². The predicted molar refractivity (Wildman–Crippen MR) is 100 cm³/mol. The molecule has 0 radical (unpaired) electrons. The van der Waals surface area contributed by atoms with E-state index in [0.717, 1.165) is 37.8 Å². The average molecular weight is 374 g/mol. The third-order valence-corrected chi connectivity index (χ3v) is 6.34. The zero-order valence-corrected chi connectivity index (χ0v) is 16.0. The summed E-state index contributed by atoms with van der Waals surface area (Å²) in [5, 5.41) is 13.7. The average Bonchev–Trinajstić information content (AvgIpc) is 3.12. The van der Waals surface area contributed by atoms with Gasteiger partial charge in [-0.15, -0.1) is 10.2 Å². The molecule has 1 saturated carbocycles. The van der Waals surface area contributed by atoms with Gasteiger partial charge in [0.1, 0.15) is 0 Å². The number of nitrogens with one attached hydrogen (secondary N) is 2. The maximum absolute atomic E-state index is 12.5. The summed E-state index contributed by atoms with van der Waals surface area (Å²) in [6, 6.07) is -0.0382. The lowest BCUT2D eigenvalue weighted by Crippen LogP contribution is -2.45. The van der Waals surface area contributed by atoms with Gasteiger partial charge in [-0.05, 0) is 31.1 Å². The number of carbonyl (C=O) groups excluding carboxylic acids is 2. The van der Waals surface area contributed by atoms with Crippen LogP contribution >= 0.6 is 0 Å². The van der Waals surface area contributed by atoms with Crippen LogP contribution in [0.2, 0.25) is 0 Å². The molecule has 1 saturated heterocycles. The van der Waals surface area contributed by atoms with Gasteiger partial charge >= 0.3 is 6.03 Å². The Morgan fingerprint density at radius 1 is 1.04 bits per heavy atom. The molecule has 0 bridgehead atoms. The van der Waals surface area contributed by atoms with Crippen LogP contribution in [0.5, 0.6) is 0 Å². The molecular weight excluding hydrogens is 344 g/mol. The van der Waals surface area contributed by atoms with E-state index in [1.54, 1.807) is 4.57 Å². The number of hydrogen-bond acceptors (Lipinski definition) is 4. The Morgan fingerprint density at radius 3 is 2.56 bits per heavy atom. The van der Waals surface area contributed by atoms with E-state index >= 15 is 0 Å². The second kappa shape index (κ2) is 8.27. The number of likely N-dealkylation sites (tertiary alicyclic amines) is 1. The van der Waals surface area contributed by atoms with Gasteiger partial charge in [-0.2, -0.15) is 0 Å². The maximum atomic E-state index is 12.5. The molecule has 3 heterocycles. The van der Waals surface area contributed by atoms with Crippen molar-refractivity contribution in [3.8, 4) is 0 Å². The van der Waals surface area contributed by atoms with Gasteiger partial charge in [0, 0.05) is 26.2 Å². The lowest BCUT2D eigenvalue weighted by Gasteiger charge is -2.34. The summed E-state index contributed by atoms with van der Waals surface area (Å²) in [5.41, 5.74) is 0. The molecule has 1 aliphatic carbocycles. The van der Waals surface area contributed by atoms with E-state index in [2.05, 4.69) is 20.8 Å². The molecule has 27 heavy (non-hydrogen) atoms. The standard InChI is InChI=1S/C19H30N6O2/c26-18-17-23-22-16(25(17)11-8-20-18)13-21-19(27)24-9-6-15(7-10-24)12-14-4-2-1-3-5-14/h14-15H,1-13H2,(H,20,26)(H,21,27). The fourth-order valence-electron chi connectivity index (χ4n) is 4.76. The quantitative estimate of drug-likeness (QED) is 0.842. The van der Waals surface area contributed by atoms with Gasteiger partial charge < -0.3 is 20.1 Å². The van der Waals surface area contributed by atoms with Crippen LogP contribution in [-0.4, -0.2) is 51.2 Å². The molecule has 0 aromatic carbocycles. The molecule has 0 atom stereocenters. The highest BCUT2D eigenvalue weighted by atomic mass is 16.2. The van der Waals surface area contributed by atoms with Crippen LogP contribution in [0, 0.1) is 11.8 Å². The number of aromatic nitrogens is 3. The van der Waals surface area contributed by atoms with E-state index in [4.69, 9.17) is 0 Å². The Labute approximate surface area is 160 Å². The van der Waals surface area contributed by atoms with Crippen LogP contribution in [0.15, 0.2) is 0 Å². The number of carbonyl (C=O) groups is 2. The zero-order chi connectivity index (χ0) is 18.6. The first-order valence-electron chi connectivity index (χ1n) is 10.4. The van der Waals surface area contributed by atoms with Gasteiger partial charge in [0.2, 0.25) is 5.82 Å². The summed E-state index contributed by atoms with van der Waals surface area (Å²) in [6.45, 7) is 3.19. The van der Waals surface area contributed by atoms with E-state index in [9.17, 15) is 9.59 Å². The van der Waals surface area contributed by atoms with E-state index in [1.807, 2.05) is 4.90 Å². The van der Waals surface area contributed by atoms with E-state index < -0.39 is 0 Å². The summed E-state index contributed by atoms with van der Waals surface area (Å²) in [5.74, 6) is 2.46. The first-order valence-corrected chi connectivity index (χ1v) is 10.4. The molecule has 1 aromatic rings. The highest BCUT2D eigenvalue weighted by molar-refractivity contribution is 5.91. The maximum Gasteiger partial charge on any atom is 0.317 e. The molecule has 0 spiro atoms. The normalized spacial score (nSPS) is 21.6. The molecule has 0 unspecified atom stereocenters. The molecular formula is C19H30N6O2. The number of urea groups is 1. The summed E-state index contributed by atoms with van der Waals surface area (Å²) >= 11 is 0. The minimum atomic E-state index is -0.202. The van der Waals surface area contributed by atoms with Crippen LogP contribution in [0.3, 0.4) is 0 Å². The summed E-state index contributed by atoms with van der Waals surface area (Å²) < 4.78 is 1.79. The molecule has 2 aliphatic heterocycles. The van der Waals surface area contributed by atoms with Crippen molar-refractivity contribution in [2.24, 2.45) is 11.8 Å². The second-order valence-corrected chi connectivity index (χ2v) is 8.18. The zero-order valence-electron chi connectivity index (χ0n) is 16.0. The van der Waals surface area contributed by atoms with Crippen molar-refractivity contribution in [2.75, 3.05) is 19.6 Å². The predicted octanol–water partition coefficient (Wildman–Crippen LogP) is 1.91. The van der Waals surface area contributed by atoms with Crippen molar-refractivity contribution in [1.29, 1.82) is 0 Å². The topological polar surface area (TPSA) is 92.2 Å². The molecule has 1 aromatic heterocycles. The molecule has 2 fully saturated rings. The fourth-order valence-corrected chi connectivity index (χ4v) is 4.76. The minimum Gasteiger partial charge on any atom is -0.348 e. The molecule has 3 amide bonds. The van der Waals surface area contributed by atoms with Crippen LogP contribution in [-0.2, 0) is 13.1 Å².